The zero-order valence-corrected chi connectivity index (χ0v) is 10.7. The Morgan fingerprint density at radius 3 is 2.33 bits per heavy atom. The molecule has 1 fully saturated rings. The topological polar surface area (TPSA) is 89.7 Å². The summed E-state index contributed by atoms with van der Waals surface area (Å²) in [6.45, 7) is 3.13. The molecule has 0 spiro atoms. The first-order valence-corrected chi connectivity index (χ1v) is 6.27. The second-order valence-electron chi connectivity index (χ2n) is 4.36. The van der Waals surface area contributed by atoms with Gasteiger partial charge in [0.1, 0.15) is 0 Å². The number of likely N-dealkylation sites (tertiary alicyclic amines) is 1. The van der Waals surface area contributed by atoms with Crippen molar-refractivity contribution in [2.75, 3.05) is 19.7 Å². The Hall–Kier alpha value is -1.59. The van der Waals surface area contributed by atoms with Gasteiger partial charge in [-0.15, -0.1) is 0 Å². The first-order chi connectivity index (χ1) is 8.54. The SMILES string of the molecule is CCOC(=O)CCC(=O)N1CCC(C(N)=O)CC1. The number of esters is 1. The molecule has 0 aromatic carbocycles. The van der Waals surface area contributed by atoms with Crippen LogP contribution in [0.4, 0.5) is 0 Å². The summed E-state index contributed by atoms with van der Waals surface area (Å²) < 4.78 is 4.76. The third-order valence-electron chi connectivity index (χ3n) is 3.10. The maximum Gasteiger partial charge on any atom is 0.306 e. The molecular weight excluding hydrogens is 236 g/mol. The molecule has 2 N–H and O–H groups in total. The zero-order valence-electron chi connectivity index (χ0n) is 10.7. The fraction of sp³-hybridized carbons (Fsp3) is 0.750. The van der Waals surface area contributed by atoms with Gasteiger partial charge in [-0.25, -0.2) is 0 Å². The van der Waals surface area contributed by atoms with Gasteiger partial charge in [0.2, 0.25) is 11.8 Å². The predicted octanol–water partition coefficient (Wildman–Crippen LogP) is 0.0536. The van der Waals surface area contributed by atoms with Crippen LogP contribution < -0.4 is 5.73 Å². The molecule has 18 heavy (non-hydrogen) atoms. The van der Waals surface area contributed by atoms with E-state index < -0.39 is 0 Å². The van der Waals surface area contributed by atoms with Crippen LogP contribution in [0.1, 0.15) is 32.6 Å². The Balaban J connectivity index is 2.28. The average Bonchev–Trinajstić information content (AvgIpc) is 2.36. The van der Waals surface area contributed by atoms with E-state index in [1.807, 2.05) is 0 Å². The molecule has 0 aliphatic carbocycles. The van der Waals surface area contributed by atoms with Crippen molar-refractivity contribution in [3.63, 3.8) is 0 Å². The number of hydrogen-bond acceptors (Lipinski definition) is 4. The van der Waals surface area contributed by atoms with Crippen LogP contribution in [0.3, 0.4) is 0 Å². The maximum atomic E-state index is 11.8. The van der Waals surface area contributed by atoms with Crippen molar-refractivity contribution in [1.82, 2.24) is 4.90 Å². The zero-order chi connectivity index (χ0) is 13.5. The van der Waals surface area contributed by atoms with Gasteiger partial charge in [0, 0.05) is 25.4 Å². The lowest BCUT2D eigenvalue weighted by Crippen LogP contribution is -2.41. The van der Waals surface area contributed by atoms with Gasteiger partial charge in [-0.2, -0.15) is 0 Å². The van der Waals surface area contributed by atoms with Gasteiger partial charge in [-0.3, -0.25) is 14.4 Å². The smallest absolute Gasteiger partial charge is 0.306 e. The first kappa shape index (κ1) is 14.5. The van der Waals surface area contributed by atoms with Gasteiger partial charge >= 0.3 is 5.97 Å². The molecule has 1 rings (SSSR count). The number of nitrogens with two attached hydrogens (primary N) is 1. The van der Waals surface area contributed by atoms with E-state index in [0.29, 0.717) is 32.5 Å². The van der Waals surface area contributed by atoms with Gasteiger partial charge in [-0.1, -0.05) is 0 Å². The molecule has 1 aliphatic heterocycles. The van der Waals surface area contributed by atoms with Crippen LogP contribution in [0, 0.1) is 5.92 Å². The number of piperidine rings is 1. The number of primary amides is 1. The molecule has 0 unspecified atom stereocenters. The summed E-state index contributed by atoms with van der Waals surface area (Å²) in [7, 11) is 0. The maximum absolute atomic E-state index is 11.8. The van der Waals surface area contributed by atoms with Crippen LogP contribution in [-0.2, 0) is 19.1 Å². The average molecular weight is 256 g/mol. The van der Waals surface area contributed by atoms with Crippen molar-refractivity contribution < 1.29 is 19.1 Å². The van der Waals surface area contributed by atoms with E-state index in [4.69, 9.17) is 10.5 Å². The summed E-state index contributed by atoms with van der Waals surface area (Å²) in [6, 6.07) is 0. The molecule has 2 amide bonds. The minimum Gasteiger partial charge on any atom is -0.466 e. The number of ether oxygens (including phenoxy) is 1. The molecule has 102 valence electrons. The van der Waals surface area contributed by atoms with Crippen molar-refractivity contribution in [2.45, 2.75) is 32.6 Å². The highest BCUT2D eigenvalue weighted by atomic mass is 16.5. The summed E-state index contributed by atoms with van der Waals surface area (Å²) in [5, 5.41) is 0. The summed E-state index contributed by atoms with van der Waals surface area (Å²) in [6.07, 6.45) is 1.50. The van der Waals surface area contributed by atoms with E-state index in [0.717, 1.165) is 0 Å². The summed E-state index contributed by atoms with van der Waals surface area (Å²) in [4.78, 5) is 35.6. The molecular formula is C12H20N2O4. The van der Waals surface area contributed by atoms with Crippen LogP contribution >= 0.6 is 0 Å². The van der Waals surface area contributed by atoms with Crippen LogP contribution in [0.25, 0.3) is 0 Å². The second kappa shape index (κ2) is 6.98. The van der Waals surface area contributed by atoms with E-state index in [9.17, 15) is 14.4 Å². The predicted molar refractivity (Wildman–Crippen MR) is 64.4 cm³/mol. The highest BCUT2D eigenvalue weighted by Gasteiger charge is 2.25. The number of carbonyl (C=O) groups is 3. The Morgan fingerprint density at radius 1 is 1.22 bits per heavy atom. The summed E-state index contributed by atoms with van der Waals surface area (Å²) in [5.41, 5.74) is 5.22. The van der Waals surface area contributed by atoms with Crippen LogP contribution in [0.15, 0.2) is 0 Å². The highest BCUT2D eigenvalue weighted by Crippen LogP contribution is 2.17. The fourth-order valence-electron chi connectivity index (χ4n) is 2.01. The van der Waals surface area contributed by atoms with Crippen molar-refractivity contribution in [2.24, 2.45) is 11.7 Å². The lowest BCUT2D eigenvalue weighted by Gasteiger charge is -2.30. The third kappa shape index (κ3) is 4.35. The number of nitrogens with zero attached hydrogens (tertiary/aromatic N) is 1. The Kier molecular flexibility index (Phi) is 5.61. The van der Waals surface area contributed by atoms with Gasteiger partial charge in [0.25, 0.3) is 0 Å². The highest BCUT2D eigenvalue weighted by molar-refractivity contribution is 5.82. The van der Waals surface area contributed by atoms with Gasteiger partial charge < -0.3 is 15.4 Å². The van der Waals surface area contributed by atoms with E-state index in [1.54, 1.807) is 11.8 Å². The molecule has 0 atom stereocenters. The monoisotopic (exact) mass is 256 g/mol. The number of hydrogen-bond donors (Lipinski definition) is 1. The lowest BCUT2D eigenvalue weighted by atomic mass is 9.96. The molecule has 6 heteroatoms. The molecule has 1 aliphatic rings. The second-order valence-corrected chi connectivity index (χ2v) is 4.36. The minimum absolute atomic E-state index is 0.0639. The summed E-state index contributed by atoms with van der Waals surface area (Å²) in [5.74, 6) is -0.837. The molecule has 0 radical (unpaired) electrons. The molecule has 1 heterocycles. The summed E-state index contributed by atoms with van der Waals surface area (Å²) >= 11 is 0. The molecule has 0 bridgehead atoms. The molecule has 1 saturated heterocycles. The van der Waals surface area contributed by atoms with Gasteiger partial charge in [-0.05, 0) is 19.8 Å². The molecule has 0 aromatic rings. The largest absolute Gasteiger partial charge is 0.466 e. The standard InChI is InChI=1S/C12H20N2O4/c1-2-18-11(16)4-3-10(15)14-7-5-9(6-8-14)12(13)17/h9H,2-8H2,1H3,(H2,13,17). The lowest BCUT2D eigenvalue weighted by molar-refractivity contribution is -0.146. The van der Waals surface area contributed by atoms with Crippen molar-refractivity contribution in [3.8, 4) is 0 Å². The minimum atomic E-state index is -0.349. The quantitative estimate of drug-likeness (QED) is 0.704. The first-order valence-electron chi connectivity index (χ1n) is 6.27. The van der Waals surface area contributed by atoms with Gasteiger partial charge in [0.05, 0.1) is 13.0 Å². The van der Waals surface area contributed by atoms with Crippen LogP contribution in [-0.4, -0.2) is 42.4 Å². The number of carbonyl (C=O) groups excluding carboxylic acids is 3. The van der Waals surface area contributed by atoms with E-state index >= 15 is 0 Å². The molecule has 0 aromatic heterocycles. The Labute approximate surface area is 106 Å². The van der Waals surface area contributed by atoms with Crippen LogP contribution in [0.2, 0.25) is 0 Å². The fourth-order valence-corrected chi connectivity index (χ4v) is 2.01. The van der Waals surface area contributed by atoms with Crippen molar-refractivity contribution in [1.29, 1.82) is 0 Å². The van der Waals surface area contributed by atoms with Crippen molar-refractivity contribution >= 4 is 17.8 Å². The van der Waals surface area contributed by atoms with Crippen molar-refractivity contribution in [3.05, 3.63) is 0 Å². The molecule has 0 saturated carbocycles. The van der Waals surface area contributed by atoms with Crippen LogP contribution in [0.5, 0.6) is 0 Å². The Morgan fingerprint density at radius 2 is 1.83 bits per heavy atom. The van der Waals surface area contributed by atoms with Gasteiger partial charge in [0.15, 0.2) is 0 Å². The Bertz CT molecular complexity index is 322. The van der Waals surface area contributed by atoms with E-state index in [1.165, 1.54) is 0 Å². The molecule has 6 nitrogen and oxygen atoms in total. The van der Waals surface area contributed by atoms with E-state index in [2.05, 4.69) is 0 Å². The van der Waals surface area contributed by atoms with E-state index in [-0.39, 0.29) is 36.5 Å². The third-order valence-corrected chi connectivity index (χ3v) is 3.10. The normalized spacial score (nSPS) is 16.4. The number of amides is 2. The number of rotatable bonds is 5.